The predicted octanol–water partition coefficient (Wildman–Crippen LogP) is 3.15. The molecule has 1 unspecified atom stereocenters. The molecule has 112 valence electrons. The second-order valence-electron chi connectivity index (χ2n) is 4.69. The SMILES string of the molecule is CCNCc1ccc(SC(C)C(=O)N(CC)CC)cc1. The number of thioether (sulfide) groups is 1. The number of hydrogen-bond donors (Lipinski definition) is 1. The summed E-state index contributed by atoms with van der Waals surface area (Å²) in [6.07, 6.45) is 0. The monoisotopic (exact) mass is 294 g/mol. The molecular weight excluding hydrogens is 268 g/mol. The van der Waals surface area contributed by atoms with Crippen LogP contribution in [0.4, 0.5) is 0 Å². The molecule has 1 amide bonds. The molecule has 1 aromatic rings. The van der Waals surface area contributed by atoms with Gasteiger partial charge >= 0.3 is 0 Å². The minimum absolute atomic E-state index is 0.0329. The summed E-state index contributed by atoms with van der Waals surface area (Å²) in [5.74, 6) is 0.219. The van der Waals surface area contributed by atoms with E-state index < -0.39 is 0 Å². The number of carbonyl (C=O) groups is 1. The van der Waals surface area contributed by atoms with Gasteiger partial charge in [0, 0.05) is 24.5 Å². The first kappa shape index (κ1) is 17.1. The highest BCUT2D eigenvalue weighted by Gasteiger charge is 2.18. The van der Waals surface area contributed by atoms with E-state index in [-0.39, 0.29) is 11.2 Å². The average Bonchev–Trinajstić information content (AvgIpc) is 2.47. The van der Waals surface area contributed by atoms with Crippen LogP contribution in [-0.2, 0) is 11.3 Å². The third-order valence-corrected chi connectivity index (χ3v) is 4.34. The molecule has 3 nitrogen and oxygen atoms in total. The van der Waals surface area contributed by atoms with Crippen molar-refractivity contribution in [1.82, 2.24) is 10.2 Å². The average molecular weight is 294 g/mol. The summed E-state index contributed by atoms with van der Waals surface area (Å²) < 4.78 is 0. The van der Waals surface area contributed by atoms with Crippen LogP contribution in [0.2, 0.25) is 0 Å². The highest BCUT2D eigenvalue weighted by molar-refractivity contribution is 8.00. The number of benzene rings is 1. The molecule has 0 saturated heterocycles. The van der Waals surface area contributed by atoms with E-state index in [1.54, 1.807) is 11.8 Å². The maximum Gasteiger partial charge on any atom is 0.235 e. The molecule has 0 aliphatic rings. The number of nitrogens with zero attached hydrogens (tertiary/aromatic N) is 1. The van der Waals surface area contributed by atoms with Gasteiger partial charge in [0.25, 0.3) is 0 Å². The molecule has 1 rings (SSSR count). The second kappa shape index (κ2) is 9.03. The molecular formula is C16H26N2OS. The highest BCUT2D eigenvalue weighted by Crippen LogP contribution is 2.24. The van der Waals surface area contributed by atoms with E-state index in [9.17, 15) is 4.79 Å². The van der Waals surface area contributed by atoms with Gasteiger partial charge in [-0.05, 0) is 45.0 Å². The lowest BCUT2D eigenvalue weighted by atomic mass is 10.2. The lowest BCUT2D eigenvalue weighted by molar-refractivity contribution is -0.129. The van der Waals surface area contributed by atoms with E-state index in [1.165, 1.54) is 5.56 Å². The van der Waals surface area contributed by atoms with Gasteiger partial charge in [-0.25, -0.2) is 0 Å². The maximum absolute atomic E-state index is 12.2. The summed E-state index contributed by atoms with van der Waals surface area (Å²) in [7, 11) is 0. The minimum atomic E-state index is -0.0329. The zero-order valence-corrected chi connectivity index (χ0v) is 13.8. The first-order valence-electron chi connectivity index (χ1n) is 7.37. The lowest BCUT2D eigenvalue weighted by Gasteiger charge is -2.22. The Labute approximate surface area is 127 Å². The van der Waals surface area contributed by atoms with Crippen molar-refractivity contribution in [1.29, 1.82) is 0 Å². The summed E-state index contributed by atoms with van der Waals surface area (Å²) >= 11 is 1.63. The fourth-order valence-corrected chi connectivity index (χ4v) is 2.95. The van der Waals surface area contributed by atoms with Gasteiger partial charge in [-0.15, -0.1) is 11.8 Å². The van der Waals surface area contributed by atoms with Crippen LogP contribution in [0.5, 0.6) is 0 Å². The molecule has 0 radical (unpaired) electrons. The summed E-state index contributed by atoms with van der Waals surface area (Å²) in [5, 5.41) is 3.27. The van der Waals surface area contributed by atoms with Crippen LogP contribution in [0.15, 0.2) is 29.2 Å². The van der Waals surface area contributed by atoms with Gasteiger partial charge in [0.15, 0.2) is 0 Å². The second-order valence-corrected chi connectivity index (χ2v) is 6.11. The van der Waals surface area contributed by atoms with Crippen molar-refractivity contribution < 1.29 is 4.79 Å². The van der Waals surface area contributed by atoms with Crippen LogP contribution >= 0.6 is 11.8 Å². The Balaban J connectivity index is 2.57. The molecule has 4 heteroatoms. The molecule has 0 aliphatic heterocycles. The van der Waals surface area contributed by atoms with Crippen LogP contribution in [-0.4, -0.2) is 35.7 Å². The minimum Gasteiger partial charge on any atom is -0.342 e. The number of nitrogens with one attached hydrogen (secondary N) is 1. The van der Waals surface area contributed by atoms with E-state index >= 15 is 0 Å². The smallest absolute Gasteiger partial charge is 0.235 e. The molecule has 1 N–H and O–H groups in total. The largest absolute Gasteiger partial charge is 0.342 e. The van der Waals surface area contributed by atoms with Crippen molar-refractivity contribution in [2.45, 2.75) is 44.4 Å². The highest BCUT2D eigenvalue weighted by atomic mass is 32.2. The molecule has 1 atom stereocenters. The number of hydrogen-bond acceptors (Lipinski definition) is 3. The van der Waals surface area contributed by atoms with Crippen molar-refractivity contribution >= 4 is 17.7 Å². The number of rotatable bonds is 8. The van der Waals surface area contributed by atoms with Crippen molar-refractivity contribution in [2.24, 2.45) is 0 Å². The zero-order chi connectivity index (χ0) is 15.0. The van der Waals surface area contributed by atoms with E-state index in [1.807, 2.05) is 25.7 Å². The van der Waals surface area contributed by atoms with Gasteiger partial charge in [-0.1, -0.05) is 19.1 Å². The van der Waals surface area contributed by atoms with Gasteiger partial charge < -0.3 is 10.2 Å². The van der Waals surface area contributed by atoms with Crippen LogP contribution in [0.1, 0.15) is 33.3 Å². The zero-order valence-electron chi connectivity index (χ0n) is 13.0. The standard InChI is InChI=1S/C16H26N2OS/c1-5-17-12-14-8-10-15(11-9-14)20-13(4)16(19)18(6-2)7-3/h8-11,13,17H,5-7,12H2,1-4H3. The van der Waals surface area contributed by atoms with Crippen molar-refractivity contribution in [3.05, 3.63) is 29.8 Å². The lowest BCUT2D eigenvalue weighted by Crippen LogP contribution is -2.36. The Morgan fingerprint density at radius 2 is 1.80 bits per heavy atom. The van der Waals surface area contributed by atoms with E-state index in [0.717, 1.165) is 31.1 Å². The number of carbonyl (C=O) groups excluding carboxylic acids is 1. The quantitative estimate of drug-likeness (QED) is 0.748. The summed E-state index contributed by atoms with van der Waals surface area (Å²) in [6, 6.07) is 8.45. The Morgan fingerprint density at radius 1 is 1.20 bits per heavy atom. The Bertz CT molecular complexity index is 401. The van der Waals surface area contributed by atoms with Crippen LogP contribution in [0, 0.1) is 0 Å². The molecule has 0 bridgehead atoms. The van der Waals surface area contributed by atoms with Gasteiger partial charge in [0.05, 0.1) is 5.25 Å². The molecule has 0 saturated carbocycles. The Morgan fingerprint density at radius 3 is 2.30 bits per heavy atom. The third-order valence-electron chi connectivity index (χ3n) is 3.24. The molecule has 0 aromatic heterocycles. The molecule has 1 aromatic carbocycles. The molecule has 0 fully saturated rings. The van der Waals surface area contributed by atoms with Gasteiger partial charge in [-0.2, -0.15) is 0 Å². The fraction of sp³-hybridized carbons (Fsp3) is 0.562. The predicted molar refractivity (Wildman–Crippen MR) is 87.1 cm³/mol. The van der Waals surface area contributed by atoms with E-state index in [0.29, 0.717) is 0 Å². The maximum atomic E-state index is 12.2. The summed E-state index contributed by atoms with van der Waals surface area (Å²) in [6.45, 7) is 11.6. The normalized spacial score (nSPS) is 12.2. The first-order chi connectivity index (χ1) is 9.62. The van der Waals surface area contributed by atoms with Crippen LogP contribution in [0.25, 0.3) is 0 Å². The summed E-state index contributed by atoms with van der Waals surface area (Å²) in [4.78, 5) is 15.3. The number of amides is 1. The molecule has 0 heterocycles. The van der Waals surface area contributed by atoms with Gasteiger partial charge in [-0.3, -0.25) is 4.79 Å². The fourth-order valence-electron chi connectivity index (χ4n) is 2.00. The topological polar surface area (TPSA) is 32.3 Å². The van der Waals surface area contributed by atoms with Crippen LogP contribution in [0.3, 0.4) is 0 Å². The van der Waals surface area contributed by atoms with Crippen molar-refractivity contribution in [3.8, 4) is 0 Å². The van der Waals surface area contributed by atoms with E-state index in [2.05, 4.69) is 36.5 Å². The first-order valence-corrected chi connectivity index (χ1v) is 8.25. The molecule has 0 spiro atoms. The van der Waals surface area contributed by atoms with Crippen molar-refractivity contribution in [2.75, 3.05) is 19.6 Å². The Hall–Kier alpha value is -1.00. The Kier molecular flexibility index (Phi) is 7.70. The molecule has 20 heavy (non-hydrogen) atoms. The third kappa shape index (κ3) is 5.17. The van der Waals surface area contributed by atoms with E-state index in [4.69, 9.17) is 0 Å². The van der Waals surface area contributed by atoms with Crippen molar-refractivity contribution in [3.63, 3.8) is 0 Å². The molecule has 0 aliphatic carbocycles. The van der Waals surface area contributed by atoms with Gasteiger partial charge in [0.2, 0.25) is 5.91 Å². The van der Waals surface area contributed by atoms with Crippen LogP contribution < -0.4 is 5.32 Å². The van der Waals surface area contributed by atoms with Gasteiger partial charge in [0.1, 0.15) is 0 Å². The summed E-state index contributed by atoms with van der Waals surface area (Å²) in [5.41, 5.74) is 1.28.